The maximum absolute atomic E-state index is 6.84. The second-order valence-electron chi connectivity index (χ2n) is 15.8. The number of nitrogens with one attached hydrogen (secondary N) is 1. The van der Waals surface area contributed by atoms with Crippen molar-refractivity contribution in [2.24, 2.45) is 9.98 Å². The fourth-order valence-electron chi connectivity index (χ4n) is 9.37. The lowest BCUT2D eigenvalue weighted by atomic mass is 10.0. The number of hydrogen-bond acceptors (Lipinski definition) is 5. The van der Waals surface area contributed by atoms with Gasteiger partial charge in [-0.05, 0) is 70.4 Å². The Labute approximate surface area is 354 Å². The number of furan rings is 1. The number of amidine groups is 2. The highest BCUT2D eigenvalue weighted by atomic mass is 32.1. The van der Waals surface area contributed by atoms with Crippen molar-refractivity contribution in [1.82, 2.24) is 9.88 Å². The van der Waals surface area contributed by atoms with Crippen LogP contribution in [0.4, 0.5) is 0 Å². The molecule has 286 valence electrons. The van der Waals surface area contributed by atoms with E-state index in [0.29, 0.717) is 5.84 Å². The summed E-state index contributed by atoms with van der Waals surface area (Å²) < 4.78 is 11.7. The second kappa shape index (κ2) is 13.4. The minimum atomic E-state index is -0.403. The molecule has 0 aliphatic carbocycles. The van der Waals surface area contributed by atoms with Gasteiger partial charge in [0.05, 0.1) is 16.7 Å². The van der Waals surface area contributed by atoms with Crippen LogP contribution in [0.3, 0.4) is 0 Å². The number of nitrogens with zero attached hydrogens (tertiary/aromatic N) is 3. The predicted octanol–water partition coefficient (Wildman–Crippen LogP) is 14.4. The Kier molecular flexibility index (Phi) is 7.47. The molecule has 1 N–H and O–H groups in total. The quantitative estimate of drug-likeness (QED) is 0.189. The van der Waals surface area contributed by atoms with Crippen molar-refractivity contribution < 1.29 is 4.42 Å². The first-order chi connectivity index (χ1) is 30.2. The van der Waals surface area contributed by atoms with E-state index in [4.69, 9.17) is 14.4 Å². The van der Waals surface area contributed by atoms with Crippen molar-refractivity contribution in [3.8, 4) is 16.8 Å². The molecule has 0 spiro atoms. The summed E-state index contributed by atoms with van der Waals surface area (Å²) in [5.41, 5.74) is 10.1. The molecular formula is C55H34N4OS. The number of benzene rings is 9. The fourth-order valence-corrected chi connectivity index (χ4v) is 10.6. The number of thiophene rings is 1. The highest BCUT2D eigenvalue weighted by molar-refractivity contribution is 7.26. The summed E-state index contributed by atoms with van der Waals surface area (Å²) in [6, 6.07) is 69.1. The predicted molar refractivity (Wildman–Crippen MR) is 256 cm³/mol. The molecule has 0 bridgehead atoms. The van der Waals surface area contributed by atoms with Gasteiger partial charge in [0, 0.05) is 58.4 Å². The molecule has 1 aliphatic rings. The molecule has 5 nitrogen and oxygen atoms in total. The molecule has 12 aromatic rings. The topological polar surface area (TPSA) is 54.8 Å². The minimum Gasteiger partial charge on any atom is -0.454 e. The Morgan fingerprint density at radius 2 is 1.20 bits per heavy atom. The van der Waals surface area contributed by atoms with Crippen molar-refractivity contribution in [2.75, 3.05) is 0 Å². The molecule has 0 radical (unpaired) electrons. The maximum Gasteiger partial charge on any atom is 0.159 e. The van der Waals surface area contributed by atoms with Gasteiger partial charge in [-0.25, -0.2) is 9.98 Å². The van der Waals surface area contributed by atoms with E-state index in [1.807, 2.05) is 17.4 Å². The van der Waals surface area contributed by atoms with Crippen LogP contribution in [0.25, 0.3) is 91.5 Å². The van der Waals surface area contributed by atoms with E-state index in [0.717, 1.165) is 72.3 Å². The van der Waals surface area contributed by atoms with Gasteiger partial charge in [-0.2, -0.15) is 0 Å². The zero-order chi connectivity index (χ0) is 40.0. The first-order valence-electron chi connectivity index (χ1n) is 20.6. The molecule has 0 saturated carbocycles. The van der Waals surface area contributed by atoms with E-state index in [9.17, 15) is 0 Å². The Bertz CT molecular complexity index is 3810. The van der Waals surface area contributed by atoms with Gasteiger partial charge in [0.25, 0.3) is 0 Å². The van der Waals surface area contributed by atoms with E-state index >= 15 is 0 Å². The van der Waals surface area contributed by atoms with Gasteiger partial charge in [0.2, 0.25) is 0 Å². The molecule has 61 heavy (non-hydrogen) atoms. The zero-order valence-electron chi connectivity index (χ0n) is 32.7. The summed E-state index contributed by atoms with van der Waals surface area (Å²) in [6.07, 6.45) is -0.403. The van der Waals surface area contributed by atoms with Crippen molar-refractivity contribution in [3.05, 3.63) is 211 Å². The summed E-state index contributed by atoms with van der Waals surface area (Å²) in [4.78, 5) is 11.0. The van der Waals surface area contributed by atoms with Crippen LogP contribution in [0.15, 0.2) is 209 Å². The lowest BCUT2D eigenvalue weighted by Gasteiger charge is -2.24. The van der Waals surface area contributed by atoms with Crippen LogP contribution < -0.4 is 5.32 Å². The molecule has 0 saturated heterocycles. The number of aromatic nitrogens is 1. The van der Waals surface area contributed by atoms with Crippen LogP contribution in [0.5, 0.6) is 0 Å². The molecular weight excluding hydrogens is 765 g/mol. The van der Waals surface area contributed by atoms with Gasteiger partial charge in [-0.1, -0.05) is 146 Å². The molecule has 0 fully saturated rings. The van der Waals surface area contributed by atoms with E-state index in [-0.39, 0.29) is 0 Å². The normalized spacial score (nSPS) is 14.4. The monoisotopic (exact) mass is 798 g/mol. The molecule has 6 heteroatoms. The Balaban J connectivity index is 1.08. The van der Waals surface area contributed by atoms with Crippen LogP contribution >= 0.6 is 11.3 Å². The first kappa shape index (κ1) is 34.1. The van der Waals surface area contributed by atoms with Crippen LogP contribution in [0.2, 0.25) is 0 Å². The van der Waals surface area contributed by atoms with E-state index in [1.165, 1.54) is 41.7 Å². The van der Waals surface area contributed by atoms with Crippen molar-refractivity contribution in [2.45, 2.75) is 6.17 Å². The average molecular weight is 799 g/mol. The molecule has 4 heterocycles. The van der Waals surface area contributed by atoms with E-state index < -0.39 is 6.17 Å². The third-order valence-electron chi connectivity index (χ3n) is 12.2. The molecule has 1 unspecified atom stereocenters. The third-order valence-corrected chi connectivity index (χ3v) is 13.4. The molecule has 1 aliphatic heterocycles. The summed E-state index contributed by atoms with van der Waals surface area (Å²) in [7, 11) is 0. The number of para-hydroxylation sites is 2. The highest BCUT2D eigenvalue weighted by Gasteiger charge is 2.26. The standard InChI is InChI=1S/C55H34N4OS/c1-2-14-33(15-3-1)34-18-12-19-37(28-34)53-56-54(58-55(57-53)43-24-13-23-42-41-22-8-11-27-50(41)61-52(42)43)38-30-45-40-21-7-10-26-49(40)60-51(45)48(32-38)59-46-25-9-6-20-39(46)44-29-35-16-4-5-17-36(35)31-47(44)59/h1-32,55H,(H,56,57,58). The summed E-state index contributed by atoms with van der Waals surface area (Å²) in [6.45, 7) is 0. The Morgan fingerprint density at radius 1 is 0.492 bits per heavy atom. The molecule has 1 atom stereocenters. The van der Waals surface area contributed by atoms with Crippen LogP contribution in [0, 0.1) is 0 Å². The molecule has 9 aromatic carbocycles. The van der Waals surface area contributed by atoms with Gasteiger partial charge in [0.1, 0.15) is 17.6 Å². The second-order valence-corrected chi connectivity index (χ2v) is 16.8. The summed E-state index contributed by atoms with van der Waals surface area (Å²) >= 11 is 1.82. The van der Waals surface area contributed by atoms with Crippen molar-refractivity contribution in [3.63, 3.8) is 0 Å². The number of rotatable bonds is 5. The number of hydrogen-bond donors (Lipinski definition) is 1. The van der Waals surface area contributed by atoms with E-state index in [1.54, 1.807) is 0 Å². The third kappa shape index (κ3) is 5.39. The molecule has 13 rings (SSSR count). The van der Waals surface area contributed by atoms with Crippen LogP contribution in [-0.4, -0.2) is 16.2 Å². The van der Waals surface area contributed by atoms with Crippen LogP contribution in [-0.2, 0) is 0 Å². The first-order valence-corrected chi connectivity index (χ1v) is 21.4. The average Bonchev–Trinajstić information content (AvgIpc) is 4.00. The largest absolute Gasteiger partial charge is 0.454 e. The fraction of sp³-hybridized carbons (Fsp3) is 0.0182. The SMILES string of the molecule is c1ccc(-c2cccc(C3=NC(c4cc(-n5c6ccccc6c6cc7ccccc7cc65)c5oc6ccccc6c5c4)=NC(c4cccc5c4sc4ccccc45)N3)c2)cc1. The summed E-state index contributed by atoms with van der Waals surface area (Å²) in [5, 5.41) is 13.1. The van der Waals surface area contributed by atoms with Crippen molar-refractivity contribution in [1.29, 1.82) is 0 Å². The van der Waals surface area contributed by atoms with Crippen LogP contribution in [0.1, 0.15) is 22.9 Å². The molecule has 3 aromatic heterocycles. The number of aliphatic imine (C=N–C) groups is 2. The summed E-state index contributed by atoms with van der Waals surface area (Å²) in [5.74, 6) is 1.43. The zero-order valence-corrected chi connectivity index (χ0v) is 33.5. The van der Waals surface area contributed by atoms with Gasteiger partial charge < -0.3 is 14.3 Å². The molecule has 0 amide bonds. The smallest absolute Gasteiger partial charge is 0.159 e. The lowest BCUT2D eigenvalue weighted by Crippen LogP contribution is -2.33. The van der Waals surface area contributed by atoms with Crippen molar-refractivity contribution >= 4 is 97.7 Å². The minimum absolute atomic E-state index is 0.403. The Hall–Kier alpha value is -7.80. The maximum atomic E-state index is 6.84. The highest BCUT2D eigenvalue weighted by Crippen LogP contribution is 2.42. The van der Waals surface area contributed by atoms with Gasteiger partial charge in [-0.15, -0.1) is 11.3 Å². The van der Waals surface area contributed by atoms with Gasteiger partial charge in [-0.3, -0.25) is 0 Å². The van der Waals surface area contributed by atoms with Gasteiger partial charge >= 0.3 is 0 Å². The lowest BCUT2D eigenvalue weighted by molar-refractivity contribution is 0.666. The van der Waals surface area contributed by atoms with Gasteiger partial charge in [0.15, 0.2) is 11.4 Å². The Morgan fingerprint density at radius 3 is 2.10 bits per heavy atom. The number of fused-ring (bicyclic) bond motifs is 10. The van der Waals surface area contributed by atoms with E-state index in [2.05, 4.69) is 198 Å².